The first-order valence-electron chi connectivity index (χ1n) is 3.93. The van der Waals surface area contributed by atoms with Crippen molar-refractivity contribution in [3.05, 3.63) is 33.3 Å². The van der Waals surface area contributed by atoms with Gasteiger partial charge in [-0.05, 0) is 24.1 Å². The van der Waals surface area contributed by atoms with E-state index in [1.165, 1.54) is 11.3 Å². The molecule has 0 aliphatic heterocycles. The average molecular weight is 245 g/mol. The van der Waals surface area contributed by atoms with Gasteiger partial charge in [-0.25, -0.2) is 0 Å². The molecule has 0 atom stereocenters. The van der Waals surface area contributed by atoms with Crippen LogP contribution in [0.3, 0.4) is 0 Å². The molecule has 2 nitrogen and oxygen atoms in total. The van der Waals surface area contributed by atoms with Crippen LogP contribution < -0.4 is 0 Å². The summed E-state index contributed by atoms with van der Waals surface area (Å²) in [7, 11) is 0. The van der Waals surface area contributed by atoms with Crippen LogP contribution in [-0.4, -0.2) is 10.2 Å². The molecule has 0 fully saturated rings. The lowest BCUT2D eigenvalue weighted by Gasteiger charge is -2.01. The molecule has 2 aromatic rings. The van der Waals surface area contributed by atoms with E-state index < -0.39 is 0 Å². The molecule has 1 aromatic heterocycles. The first-order valence-corrected chi connectivity index (χ1v) is 5.50. The molecule has 0 saturated heterocycles. The van der Waals surface area contributed by atoms with Gasteiger partial charge in [0.2, 0.25) is 4.47 Å². The molecule has 0 saturated carbocycles. The molecule has 0 aliphatic rings. The van der Waals surface area contributed by atoms with E-state index in [2.05, 4.69) is 10.2 Å². The van der Waals surface area contributed by atoms with Crippen LogP contribution in [0.5, 0.6) is 0 Å². The Hall–Kier alpha value is -0.640. The summed E-state index contributed by atoms with van der Waals surface area (Å²) in [6, 6.07) is 5.80. The van der Waals surface area contributed by atoms with Crippen molar-refractivity contribution >= 4 is 34.5 Å². The predicted molar refractivity (Wildman–Crippen MR) is 60.1 cm³/mol. The van der Waals surface area contributed by atoms with E-state index >= 15 is 0 Å². The maximum absolute atomic E-state index is 6.13. The lowest BCUT2D eigenvalue weighted by molar-refractivity contribution is 1.09. The van der Waals surface area contributed by atoms with Crippen molar-refractivity contribution in [2.45, 2.75) is 6.92 Å². The third-order valence-corrected chi connectivity index (χ3v) is 3.38. The van der Waals surface area contributed by atoms with E-state index in [1.54, 1.807) is 0 Å². The van der Waals surface area contributed by atoms with Gasteiger partial charge in [0.05, 0.1) is 5.02 Å². The smallest absolute Gasteiger partial charge is 0.137 e. The summed E-state index contributed by atoms with van der Waals surface area (Å²) in [6.07, 6.45) is 0. The van der Waals surface area contributed by atoms with E-state index in [1.807, 2.05) is 25.1 Å². The molecule has 5 heteroatoms. The summed E-state index contributed by atoms with van der Waals surface area (Å²) in [5.41, 5.74) is 1.91. The number of aromatic nitrogens is 2. The van der Waals surface area contributed by atoms with Crippen molar-refractivity contribution in [2.75, 3.05) is 0 Å². The maximum atomic E-state index is 6.13. The Bertz CT molecular complexity index is 468. The highest BCUT2D eigenvalue weighted by Gasteiger charge is 2.09. The summed E-state index contributed by atoms with van der Waals surface area (Å²) >= 11 is 13.2. The second-order valence-corrected chi connectivity index (χ2v) is 4.73. The largest absolute Gasteiger partial charge is 0.207 e. The third kappa shape index (κ3) is 1.75. The fourth-order valence-electron chi connectivity index (χ4n) is 1.13. The lowest BCUT2D eigenvalue weighted by Crippen LogP contribution is -1.81. The molecule has 1 aromatic carbocycles. The summed E-state index contributed by atoms with van der Waals surface area (Å²) < 4.78 is 0.428. The molecule has 0 amide bonds. The fourth-order valence-corrected chi connectivity index (χ4v) is 2.26. The van der Waals surface area contributed by atoms with E-state index in [4.69, 9.17) is 23.2 Å². The van der Waals surface area contributed by atoms with Crippen molar-refractivity contribution in [1.29, 1.82) is 0 Å². The summed E-state index contributed by atoms with van der Waals surface area (Å²) in [4.78, 5) is 0. The number of rotatable bonds is 1. The number of nitrogens with zero attached hydrogens (tertiary/aromatic N) is 2. The molecular formula is C9H6Cl2N2S. The van der Waals surface area contributed by atoms with Crippen LogP contribution >= 0.6 is 34.5 Å². The average Bonchev–Trinajstić information content (AvgIpc) is 2.57. The highest BCUT2D eigenvalue weighted by Crippen LogP contribution is 2.33. The van der Waals surface area contributed by atoms with E-state index in [9.17, 15) is 0 Å². The molecule has 0 unspecified atom stereocenters. The van der Waals surface area contributed by atoms with Crippen LogP contribution in [0, 0.1) is 6.92 Å². The molecule has 0 spiro atoms. The fraction of sp³-hybridized carbons (Fsp3) is 0.111. The SMILES string of the molecule is Cc1cccc(-c2nnc(Cl)s2)c1Cl. The van der Waals surface area contributed by atoms with Gasteiger partial charge in [0, 0.05) is 5.56 Å². The van der Waals surface area contributed by atoms with Gasteiger partial charge in [-0.3, -0.25) is 0 Å². The first-order chi connectivity index (χ1) is 6.68. The van der Waals surface area contributed by atoms with Crippen LogP contribution in [0.25, 0.3) is 10.6 Å². The van der Waals surface area contributed by atoms with Gasteiger partial charge in [-0.1, -0.05) is 41.1 Å². The van der Waals surface area contributed by atoms with Crippen molar-refractivity contribution in [3.8, 4) is 10.6 Å². The van der Waals surface area contributed by atoms with Crippen LogP contribution in [0.2, 0.25) is 9.49 Å². The summed E-state index contributed by atoms with van der Waals surface area (Å²) in [5.74, 6) is 0. The molecule has 72 valence electrons. The van der Waals surface area contributed by atoms with Crippen LogP contribution in [0.15, 0.2) is 18.2 Å². The predicted octanol–water partition coefficient (Wildman–Crippen LogP) is 3.82. The van der Waals surface area contributed by atoms with Gasteiger partial charge < -0.3 is 0 Å². The number of aryl methyl sites for hydroxylation is 1. The molecular weight excluding hydrogens is 239 g/mol. The van der Waals surface area contributed by atoms with Crippen LogP contribution in [0.4, 0.5) is 0 Å². The van der Waals surface area contributed by atoms with Crippen molar-refractivity contribution in [1.82, 2.24) is 10.2 Å². The first kappa shape index (κ1) is 9.90. The van der Waals surface area contributed by atoms with Gasteiger partial charge in [0.25, 0.3) is 0 Å². The molecule has 0 N–H and O–H groups in total. The summed E-state index contributed by atoms with van der Waals surface area (Å²) in [5, 5.41) is 9.14. The van der Waals surface area contributed by atoms with Gasteiger partial charge in [-0.15, -0.1) is 10.2 Å². The Balaban J connectivity index is 2.57. The Morgan fingerprint density at radius 3 is 2.64 bits per heavy atom. The number of benzene rings is 1. The van der Waals surface area contributed by atoms with E-state index in [0.717, 1.165) is 16.1 Å². The molecule has 1 heterocycles. The number of halogens is 2. The number of hydrogen-bond donors (Lipinski definition) is 0. The minimum atomic E-state index is 0.428. The Morgan fingerprint density at radius 1 is 1.21 bits per heavy atom. The highest BCUT2D eigenvalue weighted by atomic mass is 35.5. The number of hydrogen-bond acceptors (Lipinski definition) is 3. The molecule has 0 aliphatic carbocycles. The maximum Gasteiger partial charge on any atom is 0.207 e. The Kier molecular flexibility index (Phi) is 2.72. The standard InChI is InChI=1S/C9H6Cl2N2S/c1-5-3-2-4-6(7(5)10)8-12-13-9(11)14-8/h2-4H,1H3. The molecule has 0 bridgehead atoms. The lowest BCUT2D eigenvalue weighted by atomic mass is 10.1. The minimum absolute atomic E-state index is 0.428. The van der Waals surface area contributed by atoms with E-state index in [0.29, 0.717) is 9.49 Å². The van der Waals surface area contributed by atoms with Gasteiger partial charge in [0.15, 0.2) is 0 Å². The Labute approximate surface area is 95.5 Å². The monoisotopic (exact) mass is 244 g/mol. The van der Waals surface area contributed by atoms with Crippen LogP contribution in [-0.2, 0) is 0 Å². The van der Waals surface area contributed by atoms with Gasteiger partial charge >= 0.3 is 0 Å². The quantitative estimate of drug-likeness (QED) is 0.763. The van der Waals surface area contributed by atoms with Crippen molar-refractivity contribution in [2.24, 2.45) is 0 Å². The highest BCUT2D eigenvalue weighted by molar-refractivity contribution is 7.18. The summed E-state index contributed by atoms with van der Waals surface area (Å²) in [6.45, 7) is 1.95. The zero-order valence-electron chi connectivity index (χ0n) is 7.29. The topological polar surface area (TPSA) is 25.8 Å². The second-order valence-electron chi connectivity index (χ2n) is 2.80. The van der Waals surface area contributed by atoms with Crippen molar-refractivity contribution < 1.29 is 0 Å². The Morgan fingerprint density at radius 2 is 2.00 bits per heavy atom. The zero-order chi connectivity index (χ0) is 10.1. The molecule has 0 radical (unpaired) electrons. The normalized spacial score (nSPS) is 10.5. The second kappa shape index (κ2) is 3.85. The third-order valence-electron chi connectivity index (χ3n) is 1.82. The van der Waals surface area contributed by atoms with Gasteiger partial charge in [0.1, 0.15) is 5.01 Å². The zero-order valence-corrected chi connectivity index (χ0v) is 9.62. The molecule has 2 rings (SSSR count). The van der Waals surface area contributed by atoms with Crippen molar-refractivity contribution in [3.63, 3.8) is 0 Å². The molecule has 14 heavy (non-hydrogen) atoms. The van der Waals surface area contributed by atoms with Gasteiger partial charge in [-0.2, -0.15) is 0 Å². The van der Waals surface area contributed by atoms with Crippen LogP contribution in [0.1, 0.15) is 5.56 Å². The minimum Gasteiger partial charge on any atom is -0.137 e. The van der Waals surface area contributed by atoms with E-state index in [-0.39, 0.29) is 0 Å².